The molecule has 3 rings (SSSR count). The summed E-state index contributed by atoms with van der Waals surface area (Å²) in [5.74, 6) is 4.93. The maximum atomic E-state index is 11.6. The molecular formula is C14H6O2. The van der Waals surface area contributed by atoms with Crippen molar-refractivity contribution in [3.63, 3.8) is 0 Å². The summed E-state index contributed by atoms with van der Waals surface area (Å²) in [7, 11) is 0. The topological polar surface area (TPSA) is 34.1 Å². The highest BCUT2D eigenvalue weighted by atomic mass is 16.1. The Morgan fingerprint density at radius 1 is 1.00 bits per heavy atom. The van der Waals surface area contributed by atoms with Gasteiger partial charge in [-0.1, -0.05) is 18.1 Å². The first-order valence-electron chi connectivity index (χ1n) is 4.88. The van der Waals surface area contributed by atoms with Crippen molar-refractivity contribution in [3.8, 4) is 11.8 Å². The number of rotatable bonds is 0. The molecule has 0 amide bonds. The molecule has 0 heterocycles. The fraction of sp³-hybridized carbons (Fsp3) is 0. The average molecular weight is 206 g/mol. The molecule has 0 N–H and O–H groups in total. The molecule has 1 aromatic carbocycles. The van der Waals surface area contributed by atoms with Crippen LogP contribution >= 0.6 is 0 Å². The van der Waals surface area contributed by atoms with Gasteiger partial charge in [0.05, 0.1) is 0 Å². The Labute approximate surface area is 91.6 Å². The SMILES string of the molecule is O=C1C#CC=c2cc3c(cc21)=CC=CC3=O. The Bertz CT molecular complexity index is 737. The van der Waals surface area contributed by atoms with Crippen molar-refractivity contribution in [2.45, 2.75) is 0 Å². The minimum Gasteiger partial charge on any atom is -0.289 e. The number of ketones is 2. The third-order valence-corrected chi connectivity index (χ3v) is 2.67. The van der Waals surface area contributed by atoms with Crippen molar-refractivity contribution in [2.24, 2.45) is 0 Å². The molecule has 2 heteroatoms. The Balaban J connectivity index is 2.44. The zero-order valence-corrected chi connectivity index (χ0v) is 8.28. The average Bonchev–Trinajstić information content (AvgIpc) is 2.29. The first kappa shape index (κ1) is 8.87. The van der Waals surface area contributed by atoms with Crippen LogP contribution in [-0.2, 0) is 0 Å². The van der Waals surface area contributed by atoms with E-state index in [2.05, 4.69) is 11.8 Å². The second-order valence-electron chi connectivity index (χ2n) is 3.66. The standard InChI is InChI=1S/C14H6O2/c15-13-5-1-3-9-7-12-10(8-11(9)13)4-2-6-14(12)16/h1,3-5,7-8H. The minimum absolute atomic E-state index is 0.0281. The fourth-order valence-corrected chi connectivity index (χ4v) is 1.88. The summed E-state index contributed by atoms with van der Waals surface area (Å²) in [6, 6.07) is 3.47. The summed E-state index contributed by atoms with van der Waals surface area (Å²) in [5.41, 5.74) is 1.21. The van der Waals surface area contributed by atoms with Gasteiger partial charge in [0.15, 0.2) is 5.78 Å². The molecule has 2 nitrogen and oxygen atoms in total. The third kappa shape index (κ3) is 1.15. The Hall–Kier alpha value is -2.40. The Morgan fingerprint density at radius 2 is 1.81 bits per heavy atom. The highest BCUT2D eigenvalue weighted by molar-refractivity contribution is 6.13. The molecule has 0 aromatic heterocycles. The zero-order valence-electron chi connectivity index (χ0n) is 8.28. The molecule has 0 unspecified atom stereocenters. The zero-order chi connectivity index (χ0) is 11.1. The first-order valence-corrected chi connectivity index (χ1v) is 4.88. The summed E-state index contributed by atoms with van der Waals surface area (Å²) in [6.45, 7) is 0. The van der Waals surface area contributed by atoms with E-state index in [1.165, 1.54) is 6.08 Å². The number of benzene rings is 1. The number of fused-ring (bicyclic) bond motifs is 2. The second-order valence-corrected chi connectivity index (χ2v) is 3.66. The molecule has 2 aliphatic carbocycles. The molecule has 0 radical (unpaired) electrons. The van der Waals surface area contributed by atoms with Gasteiger partial charge < -0.3 is 0 Å². The smallest absolute Gasteiger partial charge is 0.236 e. The molecule has 0 saturated heterocycles. The number of carbonyl (C=O) groups excluding carboxylic acids is 2. The minimum atomic E-state index is -0.185. The van der Waals surface area contributed by atoms with E-state index in [0.29, 0.717) is 11.1 Å². The van der Waals surface area contributed by atoms with E-state index in [1.807, 2.05) is 6.08 Å². The van der Waals surface area contributed by atoms with Crippen LogP contribution < -0.4 is 10.4 Å². The number of carbonyl (C=O) groups is 2. The van der Waals surface area contributed by atoms with Crippen LogP contribution in [0.3, 0.4) is 0 Å². The molecule has 1 aromatic rings. The van der Waals surface area contributed by atoms with Crippen molar-refractivity contribution in [1.29, 1.82) is 0 Å². The summed E-state index contributed by atoms with van der Waals surface area (Å²) >= 11 is 0. The Kier molecular flexibility index (Phi) is 1.69. The van der Waals surface area contributed by atoms with Gasteiger partial charge in [-0.05, 0) is 40.6 Å². The molecule has 0 saturated carbocycles. The van der Waals surface area contributed by atoms with Crippen molar-refractivity contribution in [2.75, 3.05) is 0 Å². The summed E-state index contributed by atoms with van der Waals surface area (Å²) in [5, 5.41) is 1.52. The van der Waals surface area contributed by atoms with Crippen LogP contribution in [0.1, 0.15) is 20.7 Å². The normalized spacial score (nSPS) is 15.2. The third-order valence-electron chi connectivity index (χ3n) is 2.67. The quantitative estimate of drug-likeness (QED) is 0.449. The first-order chi connectivity index (χ1) is 7.75. The summed E-state index contributed by atoms with van der Waals surface area (Å²) < 4.78 is 0. The predicted octanol–water partition coefficient (Wildman–Crippen LogP) is 0.200. The molecule has 0 spiro atoms. The second kappa shape index (κ2) is 3.04. The maximum absolute atomic E-state index is 11.6. The van der Waals surface area contributed by atoms with Crippen LogP contribution in [-0.4, -0.2) is 11.6 Å². The lowest BCUT2D eigenvalue weighted by molar-refractivity contribution is 0.103. The van der Waals surface area contributed by atoms with E-state index < -0.39 is 0 Å². The van der Waals surface area contributed by atoms with Crippen LogP contribution in [0.5, 0.6) is 0 Å². The highest BCUT2D eigenvalue weighted by Gasteiger charge is 2.13. The van der Waals surface area contributed by atoms with Crippen LogP contribution in [0.2, 0.25) is 0 Å². The molecular weight excluding hydrogens is 200 g/mol. The molecule has 74 valence electrons. The van der Waals surface area contributed by atoms with Gasteiger partial charge in [0.1, 0.15) is 0 Å². The van der Waals surface area contributed by atoms with Crippen molar-refractivity contribution in [3.05, 3.63) is 45.8 Å². The lowest BCUT2D eigenvalue weighted by Gasteiger charge is -2.06. The maximum Gasteiger partial charge on any atom is 0.236 e. The van der Waals surface area contributed by atoms with Crippen molar-refractivity contribution in [1.82, 2.24) is 0 Å². The van der Waals surface area contributed by atoms with Gasteiger partial charge in [-0.15, -0.1) is 0 Å². The van der Waals surface area contributed by atoms with Gasteiger partial charge in [0.2, 0.25) is 5.78 Å². The van der Waals surface area contributed by atoms with Gasteiger partial charge in [0, 0.05) is 11.1 Å². The lowest BCUT2D eigenvalue weighted by Crippen LogP contribution is -2.26. The van der Waals surface area contributed by atoms with E-state index >= 15 is 0 Å². The van der Waals surface area contributed by atoms with Gasteiger partial charge in [0.25, 0.3) is 0 Å². The number of hydrogen-bond donors (Lipinski definition) is 0. The van der Waals surface area contributed by atoms with E-state index in [9.17, 15) is 9.59 Å². The summed E-state index contributed by atoms with van der Waals surface area (Å²) in [4.78, 5) is 23.2. The van der Waals surface area contributed by atoms with Gasteiger partial charge >= 0.3 is 0 Å². The van der Waals surface area contributed by atoms with Crippen LogP contribution in [0.15, 0.2) is 24.3 Å². The highest BCUT2D eigenvalue weighted by Crippen LogP contribution is 2.02. The number of hydrogen-bond acceptors (Lipinski definition) is 2. The van der Waals surface area contributed by atoms with E-state index in [1.54, 1.807) is 24.3 Å². The lowest BCUT2D eigenvalue weighted by atomic mass is 9.96. The van der Waals surface area contributed by atoms with Crippen molar-refractivity contribution < 1.29 is 9.59 Å². The molecule has 0 fully saturated rings. The summed E-state index contributed by atoms with van der Waals surface area (Å²) in [6.07, 6.45) is 6.71. The van der Waals surface area contributed by atoms with Crippen LogP contribution in [0.4, 0.5) is 0 Å². The van der Waals surface area contributed by atoms with Gasteiger partial charge in [-0.25, -0.2) is 0 Å². The van der Waals surface area contributed by atoms with Crippen molar-refractivity contribution >= 4 is 23.7 Å². The molecule has 0 aliphatic heterocycles. The Morgan fingerprint density at radius 3 is 2.69 bits per heavy atom. The largest absolute Gasteiger partial charge is 0.289 e. The molecule has 0 bridgehead atoms. The van der Waals surface area contributed by atoms with E-state index in [0.717, 1.165) is 10.4 Å². The molecule has 16 heavy (non-hydrogen) atoms. The van der Waals surface area contributed by atoms with E-state index in [-0.39, 0.29) is 11.6 Å². The van der Waals surface area contributed by atoms with Gasteiger partial charge in [-0.3, -0.25) is 9.59 Å². The van der Waals surface area contributed by atoms with Crippen LogP contribution in [0, 0.1) is 11.8 Å². The monoisotopic (exact) mass is 206 g/mol. The number of allylic oxidation sites excluding steroid dienone is 2. The molecule has 2 aliphatic rings. The van der Waals surface area contributed by atoms with Gasteiger partial charge in [-0.2, -0.15) is 0 Å². The molecule has 0 atom stereocenters. The fourth-order valence-electron chi connectivity index (χ4n) is 1.88. The van der Waals surface area contributed by atoms with Crippen LogP contribution in [0.25, 0.3) is 12.2 Å². The predicted molar refractivity (Wildman–Crippen MR) is 60.2 cm³/mol. The van der Waals surface area contributed by atoms with E-state index in [4.69, 9.17) is 0 Å². The number of Topliss-reactive ketones (excluding diaryl/α,β-unsaturated/α-hetero) is 1.